The number of carbonyl (C=O) groups excluding carboxylic acids is 2. The van der Waals surface area contributed by atoms with Crippen molar-refractivity contribution in [3.8, 4) is 0 Å². The Hall–Kier alpha value is -1.59. The van der Waals surface area contributed by atoms with Gasteiger partial charge in [-0.1, -0.05) is 168 Å². The van der Waals surface area contributed by atoms with Gasteiger partial charge in [-0.2, -0.15) is 0 Å². The molecule has 0 radical (unpaired) electrons. The zero-order chi connectivity index (χ0) is 32.4. The predicted octanol–water partition coefficient (Wildman–Crippen LogP) is 10.8. The van der Waals surface area contributed by atoms with Gasteiger partial charge in [0.2, 0.25) is 11.8 Å². The number of hydrogen-bond donors (Lipinski definition) is 3. The van der Waals surface area contributed by atoms with E-state index in [-0.39, 0.29) is 11.8 Å². The summed E-state index contributed by atoms with van der Waals surface area (Å²) in [5, 5.41) is 15.2. The second-order valence-electron chi connectivity index (χ2n) is 13.3. The minimum atomic E-state index is -0.977. The standard InChI is InChI=1S/C38H74N2O4/c1-3-5-7-9-11-13-15-16-17-18-20-22-24-26-28-33-37(42)40-35(38(43)44)31-29-30-34-39-36(41)32-27-25-23-21-19-14-12-10-8-6-4-2/h35H,3-34H2,1-2H3,(H,39,41)(H,40,42)(H,43,44)/t35-/m0/s1. The van der Waals surface area contributed by atoms with Gasteiger partial charge in [-0.15, -0.1) is 0 Å². The van der Waals surface area contributed by atoms with Crippen LogP contribution in [-0.2, 0) is 14.4 Å². The molecule has 0 aromatic rings. The van der Waals surface area contributed by atoms with Crippen LogP contribution >= 0.6 is 0 Å². The summed E-state index contributed by atoms with van der Waals surface area (Å²) in [6, 6.07) is -0.842. The van der Waals surface area contributed by atoms with E-state index >= 15 is 0 Å². The molecule has 0 aliphatic heterocycles. The highest BCUT2D eigenvalue weighted by Crippen LogP contribution is 2.14. The number of amides is 2. The fraction of sp³-hybridized carbons (Fsp3) is 0.921. The van der Waals surface area contributed by atoms with Crippen molar-refractivity contribution in [1.82, 2.24) is 10.6 Å². The molecule has 0 bridgehead atoms. The lowest BCUT2D eigenvalue weighted by Crippen LogP contribution is -2.40. The Bertz CT molecular complexity index is 655. The average molecular weight is 623 g/mol. The first kappa shape index (κ1) is 42.4. The van der Waals surface area contributed by atoms with Gasteiger partial charge < -0.3 is 15.7 Å². The molecule has 0 fully saturated rings. The van der Waals surface area contributed by atoms with Crippen molar-refractivity contribution < 1.29 is 19.5 Å². The van der Waals surface area contributed by atoms with Crippen LogP contribution in [0.25, 0.3) is 0 Å². The molecule has 0 spiro atoms. The van der Waals surface area contributed by atoms with Gasteiger partial charge >= 0.3 is 5.97 Å². The molecule has 0 unspecified atom stereocenters. The van der Waals surface area contributed by atoms with Crippen LogP contribution in [0, 0.1) is 0 Å². The van der Waals surface area contributed by atoms with Crippen molar-refractivity contribution in [2.24, 2.45) is 0 Å². The number of aliphatic carboxylic acids is 1. The summed E-state index contributed by atoms with van der Waals surface area (Å²) in [6.07, 6.45) is 36.0. The van der Waals surface area contributed by atoms with Crippen LogP contribution in [0.15, 0.2) is 0 Å². The van der Waals surface area contributed by atoms with E-state index in [2.05, 4.69) is 24.5 Å². The molecular weight excluding hydrogens is 548 g/mol. The number of carbonyl (C=O) groups is 3. The zero-order valence-electron chi connectivity index (χ0n) is 29.4. The Morgan fingerprint density at radius 1 is 0.455 bits per heavy atom. The molecule has 0 aliphatic carbocycles. The van der Waals surface area contributed by atoms with E-state index in [1.165, 1.54) is 135 Å². The van der Waals surface area contributed by atoms with Crippen LogP contribution in [0.3, 0.4) is 0 Å². The van der Waals surface area contributed by atoms with Gasteiger partial charge in [-0.3, -0.25) is 9.59 Å². The van der Waals surface area contributed by atoms with Gasteiger partial charge in [0.25, 0.3) is 0 Å². The van der Waals surface area contributed by atoms with Crippen LogP contribution < -0.4 is 10.6 Å². The van der Waals surface area contributed by atoms with Gasteiger partial charge in [0.05, 0.1) is 0 Å². The van der Waals surface area contributed by atoms with Gasteiger partial charge in [0.1, 0.15) is 6.04 Å². The van der Waals surface area contributed by atoms with E-state index in [9.17, 15) is 19.5 Å². The van der Waals surface area contributed by atoms with E-state index in [0.29, 0.717) is 32.2 Å². The third-order valence-corrected chi connectivity index (χ3v) is 8.89. The Morgan fingerprint density at radius 3 is 1.16 bits per heavy atom. The lowest BCUT2D eigenvalue weighted by molar-refractivity contribution is -0.142. The second-order valence-corrected chi connectivity index (χ2v) is 13.3. The Kier molecular flexibility index (Phi) is 33.0. The van der Waals surface area contributed by atoms with Crippen LogP contribution in [0.4, 0.5) is 0 Å². The number of carboxylic acid groups (broad SMARTS) is 1. The molecule has 44 heavy (non-hydrogen) atoms. The topological polar surface area (TPSA) is 95.5 Å². The smallest absolute Gasteiger partial charge is 0.326 e. The first-order valence-corrected chi connectivity index (χ1v) is 19.3. The minimum Gasteiger partial charge on any atom is -0.480 e. The van der Waals surface area contributed by atoms with Crippen LogP contribution in [0.2, 0.25) is 0 Å². The summed E-state index contributed by atoms with van der Waals surface area (Å²) in [7, 11) is 0. The summed E-state index contributed by atoms with van der Waals surface area (Å²) in [6.45, 7) is 5.08. The second kappa shape index (κ2) is 34.3. The SMILES string of the molecule is CCCCCCCCCCCCCCCCCC(=O)N[C@@H](CCCCNC(=O)CCCCCCCCCCCCC)C(=O)O. The molecule has 0 heterocycles. The molecular formula is C38H74N2O4. The van der Waals surface area contributed by atoms with Crippen molar-refractivity contribution in [3.63, 3.8) is 0 Å². The van der Waals surface area contributed by atoms with E-state index in [4.69, 9.17) is 0 Å². The number of carboxylic acids is 1. The number of nitrogens with one attached hydrogen (secondary N) is 2. The van der Waals surface area contributed by atoms with Gasteiger partial charge in [-0.05, 0) is 32.1 Å². The highest BCUT2D eigenvalue weighted by Gasteiger charge is 2.19. The van der Waals surface area contributed by atoms with Crippen molar-refractivity contribution in [2.45, 2.75) is 219 Å². The lowest BCUT2D eigenvalue weighted by Gasteiger charge is -2.14. The molecule has 0 aromatic heterocycles. The quantitative estimate of drug-likeness (QED) is 0.0613. The van der Waals surface area contributed by atoms with Gasteiger partial charge in [0, 0.05) is 19.4 Å². The Morgan fingerprint density at radius 2 is 0.795 bits per heavy atom. The molecule has 0 rings (SSSR count). The largest absolute Gasteiger partial charge is 0.480 e. The minimum absolute atomic E-state index is 0.0903. The fourth-order valence-electron chi connectivity index (χ4n) is 5.92. The van der Waals surface area contributed by atoms with E-state index in [1.54, 1.807) is 0 Å². The lowest BCUT2D eigenvalue weighted by atomic mass is 10.0. The number of hydrogen-bond acceptors (Lipinski definition) is 3. The molecule has 260 valence electrons. The Labute approximate surface area is 273 Å². The summed E-state index contributed by atoms with van der Waals surface area (Å²) >= 11 is 0. The number of unbranched alkanes of at least 4 members (excludes halogenated alkanes) is 25. The monoisotopic (exact) mass is 623 g/mol. The normalized spacial score (nSPS) is 11.9. The summed E-state index contributed by atoms with van der Waals surface area (Å²) in [5.74, 6) is -1.05. The van der Waals surface area contributed by atoms with Crippen LogP contribution in [-0.4, -0.2) is 35.5 Å². The molecule has 2 amide bonds. The van der Waals surface area contributed by atoms with Crippen LogP contribution in [0.5, 0.6) is 0 Å². The molecule has 0 aromatic carbocycles. The molecule has 0 saturated carbocycles. The first-order valence-electron chi connectivity index (χ1n) is 19.3. The maximum absolute atomic E-state index is 12.3. The third kappa shape index (κ3) is 31.8. The summed E-state index contributed by atoms with van der Waals surface area (Å²) < 4.78 is 0. The molecule has 1 atom stereocenters. The van der Waals surface area contributed by atoms with Gasteiger partial charge in [0.15, 0.2) is 0 Å². The van der Waals surface area contributed by atoms with Crippen molar-refractivity contribution in [3.05, 3.63) is 0 Å². The van der Waals surface area contributed by atoms with Crippen molar-refractivity contribution in [2.75, 3.05) is 6.54 Å². The summed E-state index contributed by atoms with van der Waals surface area (Å²) in [5.41, 5.74) is 0. The maximum Gasteiger partial charge on any atom is 0.326 e. The highest BCUT2D eigenvalue weighted by atomic mass is 16.4. The molecule has 0 saturated heterocycles. The fourth-order valence-corrected chi connectivity index (χ4v) is 5.92. The summed E-state index contributed by atoms with van der Waals surface area (Å²) in [4.78, 5) is 36.0. The molecule has 3 N–H and O–H groups in total. The number of rotatable bonds is 35. The van der Waals surface area contributed by atoms with Crippen molar-refractivity contribution >= 4 is 17.8 Å². The highest BCUT2D eigenvalue weighted by molar-refractivity contribution is 5.83. The van der Waals surface area contributed by atoms with Crippen LogP contribution in [0.1, 0.15) is 213 Å². The molecule has 6 heteroatoms. The maximum atomic E-state index is 12.3. The van der Waals surface area contributed by atoms with E-state index in [1.807, 2.05) is 0 Å². The van der Waals surface area contributed by atoms with Gasteiger partial charge in [-0.25, -0.2) is 4.79 Å². The van der Waals surface area contributed by atoms with E-state index in [0.717, 1.165) is 38.5 Å². The average Bonchev–Trinajstić information content (AvgIpc) is 3.00. The molecule has 6 nitrogen and oxygen atoms in total. The first-order chi connectivity index (χ1) is 21.5. The zero-order valence-corrected chi connectivity index (χ0v) is 29.4. The molecule has 0 aliphatic rings. The van der Waals surface area contributed by atoms with Crippen molar-refractivity contribution in [1.29, 1.82) is 0 Å². The van der Waals surface area contributed by atoms with E-state index < -0.39 is 12.0 Å². The predicted molar refractivity (Wildman–Crippen MR) is 187 cm³/mol. The Balaban J connectivity index is 3.61. The third-order valence-electron chi connectivity index (χ3n) is 8.89.